The Morgan fingerprint density at radius 2 is 2.08 bits per heavy atom. The van der Waals surface area contributed by atoms with E-state index >= 15 is 0 Å². The Labute approximate surface area is 153 Å². The number of hydrogen-bond acceptors (Lipinski definition) is 5. The largest absolute Gasteiger partial charge is 0.493 e. The first-order valence-corrected chi connectivity index (χ1v) is 8.04. The van der Waals surface area contributed by atoms with Crippen molar-refractivity contribution in [3.63, 3.8) is 0 Å². The summed E-state index contributed by atoms with van der Waals surface area (Å²) in [6.45, 7) is 11.7. The molecule has 0 radical (unpaired) electrons. The summed E-state index contributed by atoms with van der Waals surface area (Å²) in [6.07, 6.45) is 1.66. The average Bonchev–Trinajstić information content (AvgIpc) is 2.58. The fourth-order valence-electron chi connectivity index (χ4n) is 1.93. The van der Waals surface area contributed by atoms with Gasteiger partial charge in [-0.2, -0.15) is 0 Å². The lowest BCUT2D eigenvalue weighted by molar-refractivity contribution is -0.127. The predicted octanol–water partition coefficient (Wildman–Crippen LogP) is 4.08. The number of hydrogen-bond donors (Lipinski definition) is 0. The van der Waals surface area contributed by atoms with Crippen LogP contribution in [-0.2, 0) is 4.74 Å². The Bertz CT molecular complexity index is 671. The molecule has 1 aliphatic rings. The molecule has 0 N–H and O–H groups in total. The van der Waals surface area contributed by atoms with Crippen molar-refractivity contribution >= 4 is 29.1 Å². The molecule has 7 heteroatoms. The van der Waals surface area contributed by atoms with Crippen molar-refractivity contribution < 1.29 is 19.0 Å². The van der Waals surface area contributed by atoms with Gasteiger partial charge in [0.15, 0.2) is 0 Å². The number of ether oxygens (including phenoxy) is 3. The molecule has 1 atom stereocenters. The van der Waals surface area contributed by atoms with Crippen LogP contribution in [0.5, 0.6) is 11.5 Å². The normalized spacial score (nSPS) is 16.8. The third kappa shape index (κ3) is 6.23. The van der Waals surface area contributed by atoms with Crippen LogP contribution in [0.2, 0.25) is 0 Å². The molecule has 0 saturated heterocycles. The van der Waals surface area contributed by atoms with Crippen molar-refractivity contribution in [3.8, 4) is 11.5 Å². The number of nitrogens with zero attached hydrogens (tertiary/aromatic N) is 2. The molecule has 0 saturated carbocycles. The molecule has 1 aliphatic heterocycles. The van der Waals surface area contributed by atoms with E-state index in [2.05, 4.69) is 23.1 Å². The maximum absolute atomic E-state index is 12.0. The number of aliphatic imine (C=N–C) groups is 2. The van der Waals surface area contributed by atoms with Gasteiger partial charge in [-0.1, -0.05) is 6.92 Å². The minimum Gasteiger partial charge on any atom is -0.493 e. The van der Waals surface area contributed by atoms with Crippen molar-refractivity contribution in [1.82, 2.24) is 0 Å². The lowest BCUT2D eigenvalue weighted by atomic mass is 10.1. The molecule has 0 fully saturated rings. The molecular weight excluding hydrogens is 344 g/mol. The van der Waals surface area contributed by atoms with E-state index in [-0.39, 0.29) is 11.2 Å². The summed E-state index contributed by atoms with van der Waals surface area (Å²) >= 11 is 5.69. The summed E-state index contributed by atoms with van der Waals surface area (Å²) in [5.41, 5.74) is 0.351. The number of carbonyl (C=O) groups is 1. The number of halogens is 1. The Balaban J connectivity index is 0.00000151. The highest BCUT2D eigenvalue weighted by Crippen LogP contribution is 2.33. The van der Waals surface area contributed by atoms with Gasteiger partial charge < -0.3 is 14.2 Å². The van der Waals surface area contributed by atoms with Crippen molar-refractivity contribution in [2.24, 2.45) is 15.9 Å². The molecule has 1 heterocycles. The van der Waals surface area contributed by atoms with E-state index in [9.17, 15) is 4.79 Å². The lowest BCUT2D eigenvalue weighted by Crippen LogP contribution is -2.38. The summed E-state index contributed by atoms with van der Waals surface area (Å²) in [7, 11) is 1.57. The number of rotatable bonds is 4. The van der Waals surface area contributed by atoms with Gasteiger partial charge in [0.25, 0.3) is 0 Å². The number of carbonyl (C=O) groups excluding carboxylic acids is 1. The van der Waals surface area contributed by atoms with Gasteiger partial charge >= 0.3 is 5.97 Å². The van der Waals surface area contributed by atoms with Crippen LogP contribution in [0.25, 0.3) is 0 Å². The van der Waals surface area contributed by atoms with Crippen LogP contribution in [-0.4, -0.2) is 36.9 Å². The number of fused-ring (bicyclic) bond motifs is 1. The Morgan fingerprint density at radius 1 is 1.40 bits per heavy atom. The molecule has 25 heavy (non-hydrogen) atoms. The molecule has 0 spiro atoms. The molecule has 136 valence electrons. The smallest absolute Gasteiger partial charge is 0.345 e. The molecule has 0 aromatic heterocycles. The van der Waals surface area contributed by atoms with Crippen molar-refractivity contribution in [3.05, 3.63) is 36.9 Å². The first-order valence-electron chi connectivity index (χ1n) is 7.66. The number of esters is 1. The highest BCUT2D eigenvalue weighted by atomic mass is 35.5. The van der Waals surface area contributed by atoms with Crippen LogP contribution in [0.1, 0.15) is 31.1 Å². The minimum absolute atomic E-state index is 0.0312. The van der Waals surface area contributed by atoms with Crippen LogP contribution in [0.4, 0.5) is 0 Å². The second-order valence-corrected chi connectivity index (χ2v) is 5.95. The summed E-state index contributed by atoms with van der Waals surface area (Å²) < 4.78 is 16.5. The van der Waals surface area contributed by atoms with E-state index in [4.69, 9.17) is 25.8 Å². The van der Waals surface area contributed by atoms with E-state index < -0.39 is 11.8 Å². The first-order chi connectivity index (χ1) is 11.8. The highest BCUT2D eigenvalue weighted by Gasteiger charge is 2.34. The quantitative estimate of drug-likeness (QED) is 0.264. The van der Waals surface area contributed by atoms with E-state index in [1.807, 2.05) is 6.92 Å². The first kappa shape index (κ1) is 20.7. The zero-order valence-electron chi connectivity index (χ0n) is 14.9. The molecule has 1 aromatic rings. The maximum atomic E-state index is 12.0. The van der Waals surface area contributed by atoms with Crippen molar-refractivity contribution in [2.45, 2.75) is 26.6 Å². The molecular formula is C18H23ClN2O4. The predicted molar refractivity (Wildman–Crippen MR) is 100 cm³/mol. The van der Waals surface area contributed by atoms with Gasteiger partial charge in [0.2, 0.25) is 11.1 Å². The zero-order chi connectivity index (χ0) is 19.0. The average molecular weight is 367 g/mol. The van der Waals surface area contributed by atoms with Gasteiger partial charge in [0.05, 0.1) is 6.61 Å². The summed E-state index contributed by atoms with van der Waals surface area (Å²) in [5, 5.41) is 0.188. The van der Waals surface area contributed by atoms with Crippen molar-refractivity contribution in [2.75, 3.05) is 13.7 Å². The van der Waals surface area contributed by atoms with E-state index in [0.29, 0.717) is 23.7 Å². The SMILES string of the molecule is C=C.CN=C(Cl)/N=C\C(C)COc1ccc2c(c1)C(=O)OC(C)(C)O2. The maximum Gasteiger partial charge on any atom is 0.345 e. The second-order valence-electron chi connectivity index (χ2n) is 5.61. The van der Waals surface area contributed by atoms with Crippen molar-refractivity contribution in [1.29, 1.82) is 0 Å². The van der Waals surface area contributed by atoms with E-state index in [0.717, 1.165) is 0 Å². The fourth-order valence-corrected chi connectivity index (χ4v) is 1.98. The molecule has 1 aromatic carbocycles. The Morgan fingerprint density at radius 3 is 2.72 bits per heavy atom. The van der Waals surface area contributed by atoms with Crippen LogP contribution >= 0.6 is 11.6 Å². The van der Waals surface area contributed by atoms with E-state index in [1.165, 1.54) is 0 Å². The molecule has 0 amide bonds. The Hall–Kier alpha value is -2.34. The number of benzene rings is 1. The van der Waals surface area contributed by atoms with E-state index in [1.54, 1.807) is 45.3 Å². The monoisotopic (exact) mass is 366 g/mol. The number of cyclic esters (lactones) is 1. The van der Waals surface area contributed by atoms with Gasteiger partial charge in [-0.25, -0.2) is 9.79 Å². The van der Waals surface area contributed by atoms with Gasteiger partial charge in [0.1, 0.15) is 17.1 Å². The fraction of sp³-hybridized carbons (Fsp3) is 0.389. The molecule has 6 nitrogen and oxygen atoms in total. The van der Waals surface area contributed by atoms with Gasteiger partial charge in [-0.3, -0.25) is 4.99 Å². The standard InChI is InChI=1S/C16H19ClN2O4.C2H4/c1-10(8-19-15(17)18-4)9-21-11-5-6-13-12(7-11)14(20)23-16(2,3)22-13;1-2/h5-8,10H,9H2,1-4H3;1-2H2/b18-15?,19-8-;. The molecule has 0 bridgehead atoms. The highest BCUT2D eigenvalue weighted by molar-refractivity contribution is 6.65. The van der Waals surface area contributed by atoms with Crippen LogP contribution in [0.3, 0.4) is 0 Å². The molecule has 2 rings (SSSR count). The third-order valence-corrected chi connectivity index (χ3v) is 3.26. The second kappa shape index (κ2) is 9.22. The third-order valence-electron chi connectivity index (χ3n) is 3.00. The minimum atomic E-state index is -0.961. The van der Waals surface area contributed by atoms with Gasteiger partial charge in [-0.05, 0) is 29.8 Å². The topological polar surface area (TPSA) is 69.5 Å². The summed E-state index contributed by atoms with van der Waals surface area (Å²) in [4.78, 5) is 19.7. The number of amidine groups is 1. The summed E-state index contributed by atoms with van der Waals surface area (Å²) in [6, 6.07) is 5.06. The molecule has 1 unspecified atom stereocenters. The lowest BCUT2D eigenvalue weighted by Gasteiger charge is -2.31. The van der Waals surface area contributed by atoms with Crippen LogP contribution < -0.4 is 9.47 Å². The summed E-state index contributed by atoms with van der Waals surface area (Å²) in [5.74, 6) is -0.318. The van der Waals surface area contributed by atoms with Crippen LogP contribution in [0.15, 0.2) is 41.3 Å². The van der Waals surface area contributed by atoms with Gasteiger partial charge in [0, 0.05) is 33.0 Å². The Kier molecular flexibility index (Phi) is 7.64. The zero-order valence-corrected chi connectivity index (χ0v) is 15.7. The van der Waals surface area contributed by atoms with Gasteiger partial charge in [-0.15, -0.1) is 13.2 Å². The molecule has 0 aliphatic carbocycles. The van der Waals surface area contributed by atoms with Crippen LogP contribution in [0, 0.1) is 5.92 Å².